The van der Waals surface area contributed by atoms with Gasteiger partial charge in [-0.15, -0.1) is 0 Å². The minimum atomic E-state index is -4.12. The zero-order chi connectivity index (χ0) is 30.4. The molecule has 42 heavy (non-hydrogen) atoms. The Morgan fingerprint density at radius 2 is 1.55 bits per heavy atom. The van der Waals surface area contributed by atoms with Crippen molar-refractivity contribution in [1.82, 2.24) is 10.2 Å². The molecule has 0 radical (unpaired) electrons. The molecule has 9 heteroatoms. The third-order valence-electron chi connectivity index (χ3n) is 7.90. The number of carbonyl (C=O) groups excluding carboxylic acids is 2. The minimum Gasteiger partial charge on any atom is -0.352 e. The van der Waals surface area contributed by atoms with Crippen LogP contribution in [-0.4, -0.2) is 43.8 Å². The number of anilines is 1. The number of sulfonamides is 1. The van der Waals surface area contributed by atoms with E-state index in [9.17, 15) is 18.0 Å². The van der Waals surface area contributed by atoms with E-state index in [4.69, 9.17) is 11.6 Å². The topological polar surface area (TPSA) is 86.8 Å². The minimum absolute atomic E-state index is 0.0580. The lowest BCUT2D eigenvalue weighted by Crippen LogP contribution is -2.52. The van der Waals surface area contributed by atoms with Crippen LogP contribution in [0.1, 0.15) is 69.1 Å². The van der Waals surface area contributed by atoms with E-state index < -0.39 is 28.5 Å². The number of nitrogens with one attached hydrogen (secondary N) is 1. The first-order chi connectivity index (χ1) is 20.0. The van der Waals surface area contributed by atoms with Crippen molar-refractivity contribution in [2.24, 2.45) is 0 Å². The van der Waals surface area contributed by atoms with Gasteiger partial charge in [0.1, 0.15) is 12.6 Å². The van der Waals surface area contributed by atoms with Crippen LogP contribution in [0.5, 0.6) is 0 Å². The van der Waals surface area contributed by atoms with Crippen LogP contribution >= 0.6 is 11.6 Å². The Hall–Kier alpha value is -3.36. The number of amides is 2. The standard InChI is InChI=1S/C33H40ClN3O4S/c1-23(2)26-15-17-29(18-16-26)37(42(40,41)30-19-13-24(3)14-20-30)22-32(38)36(21-27-9-5-8-12-31(27)34)25(4)33(39)35-28-10-6-7-11-28/h5,8-9,12-20,23,25,28H,6-7,10-11,21-22H2,1-4H3,(H,35,39). The Morgan fingerprint density at radius 3 is 2.14 bits per heavy atom. The number of halogens is 1. The molecular weight excluding hydrogens is 570 g/mol. The second kappa shape index (κ2) is 13.7. The van der Waals surface area contributed by atoms with Crippen molar-refractivity contribution < 1.29 is 18.0 Å². The molecule has 2 amide bonds. The molecule has 4 rings (SSSR count). The third-order valence-corrected chi connectivity index (χ3v) is 10.1. The zero-order valence-corrected chi connectivity index (χ0v) is 26.3. The van der Waals surface area contributed by atoms with Gasteiger partial charge >= 0.3 is 0 Å². The van der Waals surface area contributed by atoms with Crippen LogP contribution in [0, 0.1) is 6.92 Å². The highest BCUT2D eigenvalue weighted by molar-refractivity contribution is 7.92. The Balaban J connectivity index is 1.70. The first-order valence-electron chi connectivity index (χ1n) is 14.5. The van der Waals surface area contributed by atoms with Crippen LogP contribution in [0.25, 0.3) is 0 Å². The molecule has 0 heterocycles. The molecule has 3 aromatic carbocycles. The summed E-state index contributed by atoms with van der Waals surface area (Å²) in [5, 5.41) is 3.54. The molecule has 1 atom stereocenters. The molecule has 1 aliphatic carbocycles. The third kappa shape index (κ3) is 7.53. The number of benzene rings is 3. The number of rotatable bonds is 11. The lowest BCUT2D eigenvalue weighted by molar-refractivity contribution is -0.139. The highest BCUT2D eigenvalue weighted by Crippen LogP contribution is 2.27. The fraction of sp³-hybridized carbons (Fsp3) is 0.394. The summed E-state index contributed by atoms with van der Waals surface area (Å²) in [6, 6.07) is 20.1. The Labute approximate surface area is 254 Å². The van der Waals surface area contributed by atoms with Crippen molar-refractivity contribution in [2.45, 2.75) is 82.8 Å². The highest BCUT2D eigenvalue weighted by atomic mass is 35.5. The maximum atomic E-state index is 14.1. The Morgan fingerprint density at radius 1 is 0.929 bits per heavy atom. The van der Waals surface area contributed by atoms with Crippen LogP contribution in [-0.2, 0) is 26.2 Å². The van der Waals surface area contributed by atoms with Crippen molar-refractivity contribution in [2.75, 3.05) is 10.8 Å². The van der Waals surface area contributed by atoms with Gasteiger partial charge in [0.05, 0.1) is 10.6 Å². The maximum absolute atomic E-state index is 14.1. The maximum Gasteiger partial charge on any atom is 0.264 e. The quantitative estimate of drug-likeness (QED) is 0.271. The average Bonchev–Trinajstić information content (AvgIpc) is 3.48. The van der Waals surface area contributed by atoms with E-state index in [1.54, 1.807) is 61.5 Å². The van der Waals surface area contributed by atoms with Crippen LogP contribution < -0.4 is 9.62 Å². The van der Waals surface area contributed by atoms with E-state index in [1.165, 1.54) is 4.90 Å². The predicted octanol–water partition coefficient (Wildman–Crippen LogP) is 6.44. The summed E-state index contributed by atoms with van der Waals surface area (Å²) in [5.74, 6) is -0.516. The predicted molar refractivity (Wildman–Crippen MR) is 168 cm³/mol. The molecule has 0 bridgehead atoms. The summed E-state index contributed by atoms with van der Waals surface area (Å²) in [6.45, 7) is 7.25. The number of nitrogens with zero attached hydrogens (tertiary/aromatic N) is 2. The van der Waals surface area contributed by atoms with E-state index in [-0.39, 0.29) is 29.3 Å². The van der Waals surface area contributed by atoms with Crippen molar-refractivity contribution in [3.8, 4) is 0 Å². The largest absolute Gasteiger partial charge is 0.352 e. The number of hydrogen-bond donors (Lipinski definition) is 1. The van der Waals surface area contributed by atoms with Gasteiger partial charge in [-0.3, -0.25) is 13.9 Å². The molecule has 1 fully saturated rings. The molecule has 1 aliphatic rings. The monoisotopic (exact) mass is 609 g/mol. The van der Waals surface area contributed by atoms with Gasteiger partial charge in [-0.2, -0.15) is 0 Å². The molecule has 3 aromatic rings. The lowest BCUT2D eigenvalue weighted by Gasteiger charge is -2.32. The number of aryl methyl sites for hydroxylation is 1. The van der Waals surface area contributed by atoms with Crippen LogP contribution in [0.3, 0.4) is 0 Å². The van der Waals surface area contributed by atoms with E-state index in [0.29, 0.717) is 16.3 Å². The smallest absolute Gasteiger partial charge is 0.264 e. The first kappa shape index (κ1) is 31.6. The normalized spacial score (nSPS) is 14.5. The van der Waals surface area contributed by atoms with Gasteiger partial charge < -0.3 is 10.2 Å². The summed E-state index contributed by atoms with van der Waals surface area (Å²) in [4.78, 5) is 29.0. The molecule has 0 aromatic heterocycles. The van der Waals surface area contributed by atoms with E-state index in [1.807, 2.05) is 25.1 Å². The number of carbonyl (C=O) groups is 2. The fourth-order valence-electron chi connectivity index (χ4n) is 5.18. The van der Waals surface area contributed by atoms with Crippen molar-refractivity contribution >= 4 is 39.1 Å². The highest BCUT2D eigenvalue weighted by Gasteiger charge is 2.33. The van der Waals surface area contributed by atoms with E-state index in [2.05, 4.69) is 19.2 Å². The summed E-state index contributed by atoms with van der Waals surface area (Å²) in [7, 11) is -4.12. The summed E-state index contributed by atoms with van der Waals surface area (Å²) >= 11 is 6.46. The Bertz CT molecular complexity index is 1480. The summed E-state index contributed by atoms with van der Waals surface area (Å²) < 4.78 is 29.2. The van der Waals surface area contributed by atoms with Crippen molar-refractivity contribution in [1.29, 1.82) is 0 Å². The molecule has 7 nitrogen and oxygen atoms in total. The Kier molecular flexibility index (Phi) is 10.3. The van der Waals surface area contributed by atoms with E-state index >= 15 is 0 Å². The molecule has 0 spiro atoms. The SMILES string of the molecule is Cc1ccc(S(=O)(=O)N(CC(=O)N(Cc2ccccc2Cl)C(C)C(=O)NC2CCCC2)c2ccc(C(C)C)cc2)cc1. The van der Waals surface area contributed by atoms with Gasteiger partial charge in [-0.05, 0) is 74.1 Å². The summed E-state index contributed by atoms with van der Waals surface area (Å²) in [5.41, 5.74) is 3.01. The van der Waals surface area contributed by atoms with Crippen molar-refractivity contribution in [3.63, 3.8) is 0 Å². The van der Waals surface area contributed by atoms with Crippen LogP contribution in [0.4, 0.5) is 5.69 Å². The second-order valence-electron chi connectivity index (χ2n) is 11.3. The molecule has 1 unspecified atom stereocenters. The van der Waals surface area contributed by atoms with Gasteiger partial charge in [0.25, 0.3) is 10.0 Å². The van der Waals surface area contributed by atoms with Gasteiger partial charge in [-0.25, -0.2) is 8.42 Å². The first-order valence-corrected chi connectivity index (χ1v) is 16.3. The average molecular weight is 610 g/mol. The molecule has 224 valence electrons. The molecule has 0 aliphatic heterocycles. The molecular formula is C33H40ClN3O4S. The molecule has 1 N–H and O–H groups in total. The van der Waals surface area contributed by atoms with E-state index in [0.717, 1.165) is 41.1 Å². The molecule has 0 saturated heterocycles. The van der Waals surface area contributed by atoms with Gasteiger partial charge in [0.2, 0.25) is 11.8 Å². The van der Waals surface area contributed by atoms with Crippen molar-refractivity contribution in [3.05, 3.63) is 94.5 Å². The lowest BCUT2D eigenvalue weighted by atomic mass is 10.0. The zero-order valence-electron chi connectivity index (χ0n) is 24.7. The van der Waals surface area contributed by atoms with Gasteiger partial charge in [0.15, 0.2) is 0 Å². The second-order valence-corrected chi connectivity index (χ2v) is 13.6. The molecule has 1 saturated carbocycles. The fourth-order valence-corrected chi connectivity index (χ4v) is 6.79. The summed E-state index contributed by atoms with van der Waals surface area (Å²) in [6.07, 6.45) is 3.93. The van der Waals surface area contributed by atoms with Crippen LogP contribution in [0.15, 0.2) is 77.7 Å². The van der Waals surface area contributed by atoms with Crippen LogP contribution in [0.2, 0.25) is 5.02 Å². The van der Waals surface area contributed by atoms with Gasteiger partial charge in [0, 0.05) is 17.6 Å². The number of hydrogen-bond acceptors (Lipinski definition) is 4. The van der Waals surface area contributed by atoms with Gasteiger partial charge in [-0.1, -0.05) is 86.3 Å².